The van der Waals surface area contributed by atoms with Gasteiger partial charge in [-0.15, -0.1) is 0 Å². The minimum absolute atomic E-state index is 0.380. The highest BCUT2D eigenvalue weighted by Gasteiger charge is 2.03. The second-order valence-corrected chi connectivity index (χ2v) is 7.58. The topological polar surface area (TPSA) is 53.1 Å². The van der Waals surface area contributed by atoms with Gasteiger partial charge in [0.05, 0.1) is 0 Å². The van der Waals surface area contributed by atoms with Gasteiger partial charge >= 0.3 is 0 Å². The SMILES string of the molecule is Cc1ccc(/C=C/c2nc(COc3ccc(CCCCn4cccn4)cc3)co2)cc1. The Kier molecular flexibility index (Phi) is 6.96. The largest absolute Gasteiger partial charge is 0.487 e. The first-order chi connectivity index (χ1) is 15.2. The van der Waals surface area contributed by atoms with Crippen molar-refractivity contribution in [1.82, 2.24) is 14.8 Å². The van der Waals surface area contributed by atoms with Crippen molar-refractivity contribution in [3.63, 3.8) is 0 Å². The molecule has 0 aliphatic carbocycles. The molecule has 0 fully saturated rings. The summed E-state index contributed by atoms with van der Waals surface area (Å²) in [5.41, 5.74) is 4.44. The van der Waals surface area contributed by atoms with Crippen molar-refractivity contribution in [1.29, 1.82) is 0 Å². The Morgan fingerprint density at radius 2 is 1.84 bits per heavy atom. The van der Waals surface area contributed by atoms with E-state index < -0.39 is 0 Å². The summed E-state index contributed by atoms with van der Waals surface area (Å²) in [5.74, 6) is 1.41. The summed E-state index contributed by atoms with van der Waals surface area (Å²) in [6, 6.07) is 18.6. The summed E-state index contributed by atoms with van der Waals surface area (Å²) in [6.07, 6.45) is 12.6. The zero-order chi connectivity index (χ0) is 21.3. The van der Waals surface area contributed by atoms with Crippen molar-refractivity contribution < 1.29 is 9.15 Å². The fourth-order valence-corrected chi connectivity index (χ4v) is 3.26. The van der Waals surface area contributed by atoms with Crippen molar-refractivity contribution in [2.75, 3.05) is 0 Å². The van der Waals surface area contributed by atoms with Gasteiger partial charge in [0.1, 0.15) is 24.3 Å². The Morgan fingerprint density at radius 3 is 2.61 bits per heavy atom. The number of unbranched alkanes of at least 4 members (excludes halogenated alkanes) is 1. The van der Waals surface area contributed by atoms with Crippen LogP contribution in [0, 0.1) is 6.92 Å². The Morgan fingerprint density at radius 1 is 1.00 bits per heavy atom. The highest BCUT2D eigenvalue weighted by molar-refractivity contribution is 5.66. The van der Waals surface area contributed by atoms with E-state index in [2.05, 4.69) is 53.4 Å². The van der Waals surface area contributed by atoms with Crippen LogP contribution in [0.3, 0.4) is 0 Å². The molecule has 0 saturated carbocycles. The molecule has 2 heterocycles. The molecule has 0 spiro atoms. The molecular formula is C26H27N3O2. The second-order valence-electron chi connectivity index (χ2n) is 7.58. The quantitative estimate of drug-likeness (QED) is 0.301. The fourth-order valence-electron chi connectivity index (χ4n) is 3.26. The minimum Gasteiger partial charge on any atom is -0.487 e. The number of nitrogens with zero attached hydrogens (tertiary/aromatic N) is 3. The molecule has 0 bridgehead atoms. The zero-order valence-electron chi connectivity index (χ0n) is 17.8. The van der Waals surface area contributed by atoms with E-state index >= 15 is 0 Å². The molecule has 0 unspecified atom stereocenters. The first kappa shape index (κ1) is 20.7. The van der Waals surface area contributed by atoms with Gasteiger partial charge in [-0.3, -0.25) is 4.68 Å². The van der Waals surface area contributed by atoms with E-state index in [1.165, 1.54) is 11.1 Å². The summed E-state index contributed by atoms with van der Waals surface area (Å²) < 4.78 is 13.3. The minimum atomic E-state index is 0.380. The van der Waals surface area contributed by atoms with E-state index in [1.807, 2.05) is 47.4 Å². The first-order valence-electron chi connectivity index (χ1n) is 10.6. The summed E-state index contributed by atoms with van der Waals surface area (Å²) in [7, 11) is 0. The molecular weight excluding hydrogens is 386 g/mol. The monoisotopic (exact) mass is 413 g/mol. The van der Waals surface area contributed by atoms with Crippen molar-refractivity contribution in [3.8, 4) is 5.75 Å². The average Bonchev–Trinajstić information content (AvgIpc) is 3.48. The van der Waals surface area contributed by atoms with Crippen LogP contribution in [-0.2, 0) is 19.6 Å². The van der Waals surface area contributed by atoms with Crippen LogP contribution in [0.4, 0.5) is 0 Å². The van der Waals surface area contributed by atoms with E-state index in [0.29, 0.717) is 12.5 Å². The van der Waals surface area contributed by atoms with Gasteiger partial charge < -0.3 is 9.15 Å². The number of hydrogen-bond acceptors (Lipinski definition) is 4. The molecule has 0 aliphatic heterocycles. The average molecular weight is 414 g/mol. The van der Waals surface area contributed by atoms with E-state index in [-0.39, 0.29) is 0 Å². The molecule has 5 heteroatoms. The highest BCUT2D eigenvalue weighted by atomic mass is 16.5. The molecule has 2 aromatic heterocycles. The Balaban J connectivity index is 1.20. The fraction of sp³-hybridized carbons (Fsp3) is 0.231. The second kappa shape index (κ2) is 10.4. The number of hydrogen-bond donors (Lipinski definition) is 0. The normalized spacial score (nSPS) is 11.3. The molecule has 158 valence electrons. The molecule has 4 aromatic rings. The van der Waals surface area contributed by atoms with E-state index in [1.54, 1.807) is 6.26 Å². The summed E-state index contributed by atoms with van der Waals surface area (Å²) in [6.45, 7) is 3.42. The van der Waals surface area contributed by atoms with Gasteiger partial charge in [-0.25, -0.2) is 4.98 Å². The standard InChI is InChI=1S/C26H27N3O2/c1-21-6-8-23(9-7-21)12-15-26-28-24(20-31-26)19-30-25-13-10-22(11-14-25)5-2-3-17-29-18-4-16-27-29/h4,6-16,18,20H,2-3,5,17,19H2,1H3/b15-12+. The number of rotatable bonds is 10. The smallest absolute Gasteiger partial charge is 0.218 e. The Hall–Kier alpha value is -3.60. The van der Waals surface area contributed by atoms with Gasteiger partial charge in [0, 0.05) is 25.0 Å². The summed E-state index contributed by atoms with van der Waals surface area (Å²) in [4.78, 5) is 4.46. The molecule has 0 atom stereocenters. The van der Waals surface area contributed by atoms with Crippen molar-refractivity contribution >= 4 is 12.2 Å². The van der Waals surface area contributed by atoms with Crippen LogP contribution >= 0.6 is 0 Å². The van der Waals surface area contributed by atoms with Crippen molar-refractivity contribution in [2.24, 2.45) is 0 Å². The molecule has 0 amide bonds. The molecule has 5 nitrogen and oxygen atoms in total. The van der Waals surface area contributed by atoms with Gasteiger partial charge in [0.25, 0.3) is 0 Å². The molecule has 0 N–H and O–H groups in total. The molecule has 0 saturated heterocycles. The summed E-state index contributed by atoms with van der Waals surface area (Å²) >= 11 is 0. The summed E-state index contributed by atoms with van der Waals surface area (Å²) in [5, 5.41) is 4.23. The maximum atomic E-state index is 5.85. The van der Waals surface area contributed by atoms with Gasteiger partial charge in [0.15, 0.2) is 0 Å². The maximum Gasteiger partial charge on any atom is 0.218 e. The van der Waals surface area contributed by atoms with Crippen LogP contribution in [0.5, 0.6) is 5.75 Å². The van der Waals surface area contributed by atoms with Gasteiger partial charge in [0.2, 0.25) is 5.89 Å². The van der Waals surface area contributed by atoms with Crippen LogP contribution < -0.4 is 4.74 Å². The lowest BCUT2D eigenvalue weighted by Crippen LogP contribution is -1.99. The molecule has 0 radical (unpaired) electrons. The number of aryl methyl sites for hydroxylation is 3. The van der Waals surface area contributed by atoms with Crippen LogP contribution in [0.15, 0.2) is 77.7 Å². The predicted octanol–water partition coefficient (Wildman–Crippen LogP) is 5.95. The van der Waals surface area contributed by atoms with Crippen LogP contribution in [0.25, 0.3) is 12.2 Å². The third-order valence-corrected chi connectivity index (χ3v) is 5.04. The Bertz CT molecular complexity index is 1080. The molecule has 2 aromatic carbocycles. The van der Waals surface area contributed by atoms with E-state index in [0.717, 1.165) is 42.8 Å². The van der Waals surface area contributed by atoms with Gasteiger partial charge in [-0.2, -0.15) is 5.10 Å². The third kappa shape index (κ3) is 6.44. The van der Waals surface area contributed by atoms with Crippen LogP contribution in [-0.4, -0.2) is 14.8 Å². The molecule has 4 rings (SSSR count). The number of aromatic nitrogens is 3. The number of oxazole rings is 1. The predicted molar refractivity (Wildman–Crippen MR) is 123 cm³/mol. The molecule has 0 aliphatic rings. The van der Waals surface area contributed by atoms with Crippen LogP contribution in [0.2, 0.25) is 0 Å². The Labute approximate surface area is 183 Å². The van der Waals surface area contributed by atoms with Crippen molar-refractivity contribution in [3.05, 3.63) is 102 Å². The van der Waals surface area contributed by atoms with Gasteiger partial charge in [-0.05, 0) is 61.6 Å². The third-order valence-electron chi connectivity index (χ3n) is 5.04. The number of ether oxygens (including phenoxy) is 1. The van der Waals surface area contributed by atoms with E-state index in [4.69, 9.17) is 9.15 Å². The highest BCUT2D eigenvalue weighted by Crippen LogP contribution is 2.16. The zero-order valence-corrected chi connectivity index (χ0v) is 17.8. The maximum absolute atomic E-state index is 5.85. The molecule has 31 heavy (non-hydrogen) atoms. The van der Waals surface area contributed by atoms with E-state index in [9.17, 15) is 0 Å². The lowest BCUT2D eigenvalue weighted by molar-refractivity contribution is 0.301. The van der Waals surface area contributed by atoms with Gasteiger partial charge in [-0.1, -0.05) is 42.0 Å². The van der Waals surface area contributed by atoms with Crippen LogP contribution in [0.1, 0.15) is 41.1 Å². The number of benzene rings is 2. The van der Waals surface area contributed by atoms with Crippen molar-refractivity contribution in [2.45, 2.75) is 39.3 Å². The lowest BCUT2D eigenvalue weighted by Gasteiger charge is -2.06. The lowest BCUT2D eigenvalue weighted by atomic mass is 10.1. The first-order valence-corrected chi connectivity index (χ1v) is 10.6.